The summed E-state index contributed by atoms with van der Waals surface area (Å²) in [5.41, 5.74) is 4.94. The Morgan fingerprint density at radius 3 is 2.23 bits per heavy atom. The summed E-state index contributed by atoms with van der Waals surface area (Å²) in [6, 6.07) is 26.6. The fraction of sp³-hybridized carbons (Fsp3) is 0.326. The SMILES string of the molecule is Cc1csc(C(=O)N[C@H]2CC[C@H](NC(=O)c3cc(F)cnc3Oc3cccc(-c4ccc(CCN5CCN(C(=O)OCc6ccccc6)CC5)cc4)c3)CC2)n1. The number of carbonyl (C=O) groups is 3. The molecule has 0 bridgehead atoms. The highest BCUT2D eigenvalue weighted by molar-refractivity contribution is 7.11. The molecular formula is C43H45FN6O5S. The van der Waals surface area contributed by atoms with Gasteiger partial charge in [0, 0.05) is 55.9 Å². The van der Waals surface area contributed by atoms with Crippen molar-refractivity contribution >= 4 is 29.2 Å². The molecule has 2 N–H and O–H groups in total. The van der Waals surface area contributed by atoms with E-state index >= 15 is 0 Å². The number of amides is 3. The fourth-order valence-corrected chi connectivity index (χ4v) is 7.69. The molecule has 7 rings (SSSR count). The smallest absolute Gasteiger partial charge is 0.410 e. The van der Waals surface area contributed by atoms with Gasteiger partial charge in [-0.25, -0.2) is 19.2 Å². The molecule has 0 atom stereocenters. The molecule has 0 spiro atoms. The molecule has 2 aromatic heterocycles. The Morgan fingerprint density at radius 2 is 1.54 bits per heavy atom. The molecule has 2 fully saturated rings. The molecule has 290 valence electrons. The van der Waals surface area contributed by atoms with Gasteiger partial charge in [0.05, 0.1) is 6.20 Å². The average molecular weight is 777 g/mol. The van der Waals surface area contributed by atoms with Gasteiger partial charge in [-0.05, 0) is 79.5 Å². The molecule has 11 nitrogen and oxygen atoms in total. The first-order valence-electron chi connectivity index (χ1n) is 19.0. The van der Waals surface area contributed by atoms with Crippen molar-refractivity contribution in [3.63, 3.8) is 0 Å². The van der Waals surface area contributed by atoms with Crippen molar-refractivity contribution < 1.29 is 28.2 Å². The van der Waals surface area contributed by atoms with E-state index in [0.29, 0.717) is 49.5 Å². The van der Waals surface area contributed by atoms with Crippen molar-refractivity contribution in [1.82, 2.24) is 30.4 Å². The van der Waals surface area contributed by atoms with E-state index in [1.807, 2.05) is 60.8 Å². The highest BCUT2D eigenvalue weighted by Gasteiger charge is 2.27. The number of rotatable bonds is 12. The normalized spacial score (nSPS) is 17.2. The first-order valence-corrected chi connectivity index (χ1v) is 19.9. The van der Waals surface area contributed by atoms with Crippen LogP contribution < -0.4 is 15.4 Å². The highest BCUT2D eigenvalue weighted by Crippen LogP contribution is 2.29. The van der Waals surface area contributed by atoms with Crippen LogP contribution in [0.1, 0.15) is 62.7 Å². The Balaban J connectivity index is 0.881. The standard InChI is InChI=1S/C43H45FN6O5S/c1-29-28-56-42(46-29)40(52)48-36-16-14-35(15-17-36)47-39(51)38-25-34(44)26-45-41(38)55-37-9-5-8-33(24-37)32-12-10-30(11-13-32)18-19-49-20-22-50(23-21-49)43(53)54-27-31-6-3-2-4-7-31/h2-13,24-26,28,35-36H,14-23,27H2,1H3,(H,47,51)(H,48,52)/t35-,36-. The molecule has 1 saturated heterocycles. The van der Waals surface area contributed by atoms with E-state index in [2.05, 4.69) is 49.8 Å². The second kappa shape index (κ2) is 18.3. The number of carbonyl (C=O) groups excluding carboxylic acids is 3. The molecule has 56 heavy (non-hydrogen) atoms. The van der Waals surface area contributed by atoms with Crippen LogP contribution in [-0.4, -0.2) is 82.5 Å². The highest BCUT2D eigenvalue weighted by atomic mass is 32.1. The lowest BCUT2D eigenvalue weighted by molar-refractivity contribution is 0.0719. The maximum absolute atomic E-state index is 14.4. The summed E-state index contributed by atoms with van der Waals surface area (Å²) >= 11 is 1.32. The molecular weight excluding hydrogens is 732 g/mol. The van der Waals surface area contributed by atoms with Gasteiger partial charge in [-0.3, -0.25) is 14.5 Å². The van der Waals surface area contributed by atoms with Crippen LogP contribution in [0.5, 0.6) is 11.6 Å². The molecule has 13 heteroatoms. The number of aromatic nitrogens is 2. The van der Waals surface area contributed by atoms with Crippen LogP contribution in [0.25, 0.3) is 11.1 Å². The van der Waals surface area contributed by atoms with Crippen LogP contribution in [0.2, 0.25) is 0 Å². The molecule has 0 radical (unpaired) electrons. The molecule has 1 aliphatic carbocycles. The molecule has 3 amide bonds. The topological polar surface area (TPSA) is 126 Å². The first-order chi connectivity index (χ1) is 27.3. The third kappa shape index (κ3) is 10.3. The third-order valence-electron chi connectivity index (χ3n) is 10.2. The maximum Gasteiger partial charge on any atom is 0.410 e. The minimum atomic E-state index is -0.637. The van der Waals surface area contributed by atoms with Gasteiger partial charge >= 0.3 is 6.09 Å². The predicted molar refractivity (Wildman–Crippen MR) is 212 cm³/mol. The van der Waals surface area contributed by atoms with E-state index in [0.717, 1.165) is 60.7 Å². The van der Waals surface area contributed by atoms with Gasteiger partial charge in [0.1, 0.15) is 23.7 Å². The van der Waals surface area contributed by atoms with Gasteiger partial charge in [0.15, 0.2) is 5.01 Å². The van der Waals surface area contributed by atoms with E-state index in [9.17, 15) is 18.8 Å². The number of hydrogen-bond donors (Lipinski definition) is 2. The monoisotopic (exact) mass is 776 g/mol. The minimum Gasteiger partial charge on any atom is -0.445 e. The minimum absolute atomic E-state index is 0.00403. The van der Waals surface area contributed by atoms with Gasteiger partial charge < -0.3 is 25.0 Å². The van der Waals surface area contributed by atoms with E-state index in [1.54, 1.807) is 11.0 Å². The van der Waals surface area contributed by atoms with E-state index in [1.165, 1.54) is 16.9 Å². The van der Waals surface area contributed by atoms with E-state index < -0.39 is 11.7 Å². The van der Waals surface area contributed by atoms with Gasteiger partial charge in [0.2, 0.25) is 5.88 Å². The van der Waals surface area contributed by atoms with E-state index in [4.69, 9.17) is 9.47 Å². The van der Waals surface area contributed by atoms with Crippen LogP contribution in [0.15, 0.2) is 96.5 Å². The van der Waals surface area contributed by atoms with Crippen molar-refractivity contribution in [3.8, 4) is 22.8 Å². The summed E-state index contributed by atoms with van der Waals surface area (Å²) in [6.45, 7) is 5.91. The van der Waals surface area contributed by atoms with Gasteiger partial charge in [-0.1, -0.05) is 66.7 Å². The Morgan fingerprint density at radius 1 is 0.821 bits per heavy atom. The van der Waals surface area contributed by atoms with Crippen LogP contribution >= 0.6 is 11.3 Å². The number of benzene rings is 3. The molecule has 1 aliphatic heterocycles. The molecule has 0 unspecified atom stereocenters. The van der Waals surface area contributed by atoms with E-state index in [-0.39, 0.29) is 42.1 Å². The van der Waals surface area contributed by atoms with Crippen molar-refractivity contribution in [3.05, 3.63) is 130 Å². The number of pyridine rings is 1. The maximum atomic E-state index is 14.4. The zero-order valence-electron chi connectivity index (χ0n) is 31.3. The summed E-state index contributed by atoms with van der Waals surface area (Å²) in [5, 5.41) is 8.36. The quantitative estimate of drug-likeness (QED) is 0.134. The Labute approximate surface area is 329 Å². The molecule has 3 heterocycles. The summed E-state index contributed by atoms with van der Waals surface area (Å²) in [4.78, 5) is 51.0. The van der Waals surface area contributed by atoms with Gasteiger partial charge in [-0.15, -0.1) is 11.3 Å². The van der Waals surface area contributed by atoms with Crippen LogP contribution in [0.3, 0.4) is 0 Å². The van der Waals surface area contributed by atoms with Crippen molar-refractivity contribution in [2.75, 3.05) is 32.7 Å². The van der Waals surface area contributed by atoms with Gasteiger partial charge in [-0.2, -0.15) is 0 Å². The number of halogens is 1. The number of hydrogen-bond acceptors (Lipinski definition) is 9. The summed E-state index contributed by atoms with van der Waals surface area (Å²) in [5.74, 6) is -0.798. The molecule has 3 aromatic carbocycles. The Hall–Kier alpha value is -5.66. The Kier molecular flexibility index (Phi) is 12.6. The largest absolute Gasteiger partial charge is 0.445 e. The zero-order valence-corrected chi connectivity index (χ0v) is 32.1. The number of thiazole rings is 1. The van der Waals surface area contributed by atoms with Crippen LogP contribution in [0, 0.1) is 12.7 Å². The lowest BCUT2D eigenvalue weighted by Gasteiger charge is -2.34. The van der Waals surface area contributed by atoms with Crippen LogP contribution in [-0.2, 0) is 17.8 Å². The molecule has 1 saturated carbocycles. The first kappa shape index (κ1) is 38.6. The van der Waals surface area contributed by atoms with Gasteiger partial charge in [0.25, 0.3) is 11.8 Å². The molecule has 2 aliphatic rings. The number of ether oxygens (including phenoxy) is 2. The summed E-state index contributed by atoms with van der Waals surface area (Å²) in [7, 11) is 0. The van der Waals surface area contributed by atoms with Crippen molar-refractivity contribution in [2.24, 2.45) is 0 Å². The Bertz CT molecular complexity index is 2110. The number of aryl methyl sites for hydroxylation is 1. The number of nitrogens with one attached hydrogen (secondary N) is 2. The van der Waals surface area contributed by atoms with Crippen molar-refractivity contribution in [1.29, 1.82) is 0 Å². The second-order valence-electron chi connectivity index (χ2n) is 14.2. The summed E-state index contributed by atoms with van der Waals surface area (Å²) < 4.78 is 26.0. The summed E-state index contributed by atoms with van der Waals surface area (Å²) in [6.07, 6.45) is 4.38. The second-order valence-corrected chi connectivity index (χ2v) is 15.1. The average Bonchev–Trinajstić information content (AvgIpc) is 3.67. The number of nitrogens with zero attached hydrogens (tertiary/aromatic N) is 4. The molecule has 5 aromatic rings. The predicted octanol–water partition coefficient (Wildman–Crippen LogP) is 7.41. The lowest BCUT2D eigenvalue weighted by Crippen LogP contribution is -2.49. The zero-order chi connectivity index (χ0) is 38.9. The number of piperazine rings is 1. The van der Waals surface area contributed by atoms with Crippen molar-refractivity contribution in [2.45, 2.75) is 57.7 Å². The lowest BCUT2D eigenvalue weighted by atomic mass is 9.91. The van der Waals surface area contributed by atoms with Crippen LogP contribution in [0.4, 0.5) is 9.18 Å². The third-order valence-corrected chi connectivity index (χ3v) is 11.1. The fourth-order valence-electron chi connectivity index (χ4n) is 6.99.